The number of rotatable bonds is 10. The summed E-state index contributed by atoms with van der Waals surface area (Å²) in [6.07, 6.45) is 0. The zero-order valence-corrected chi connectivity index (χ0v) is 12.4. The van der Waals surface area contributed by atoms with Gasteiger partial charge in [-0.3, -0.25) is 0 Å². The van der Waals surface area contributed by atoms with Crippen molar-refractivity contribution in [3.63, 3.8) is 0 Å². The molecular weight excluding hydrogens is 261 g/mol. The van der Waals surface area contributed by atoms with E-state index in [9.17, 15) is 4.39 Å². The highest BCUT2D eigenvalue weighted by atomic mass is 19.1. The van der Waals surface area contributed by atoms with Crippen molar-refractivity contribution in [3.05, 3.63) is 29.6 Å². The number of methoxy groups -OCH3 is 1. The molecule has 5 heteroatoms. The number of halogens is 1. The first-order valence-electron chi connectivity index (χ1n) is 6.92. The van der Waals surface area contributed by atoms with E-state index in [1.54, 1.807) is 13.2 Å². The summed E-state index contributed by atoms with van der Waals surface area (Å²) in [5.41, 5.74) is 0.823. The van der Waals surface area contributed by atoms with Gasteiger partial charge in [0.05, 0.1) is 19.8 Å². The van der Waals surface area contributed by atoms with Gasteiger partial charge in [0.2, 0.25) is 0 Å². The fourth-order valence-corrected chi connectivity index (χ4v) is 1.88. The number of ether oxygens (including phenoxy) is 3. The second kappa shape index (κ2) is 9.69. The van der Waals surface area contributed by atoms with Gasteiger partial charge in [0.1, 0.15) is 6.61 Å². The van der Waals surface area contributed by atoms with E-state index in [0.29, 0.717) is 32.2 Å². The molecule has 0 aromatic heterocycles. The van der Waals surface area contributed by atoms with Crippen LogP contribution in [0.2, 0.25) is 0 Å². The maximum atomic E-state index is 13.9. The van der Waals surface area contributed by atoms with Crippen LogP contribution in [0, 0.1) is 5.82 Å². The standard InChI is InChI=1S/C15H24FNO3/c1-4-17-12(2)13-6-5-7-14(16)15(13)20-11-10-19-9-8-18-3/h5-7,12,17H,4,8-11H2,1-3H3. The molecule has 0 saturated heterocycles. The summed E-state index contributed by atoms with van der Waals surface area (Å²) in [7, 11) is 1.62. The van der Waals surface area contributed by atoms with Gasteiger partial charge in [-0.1, -0.05) is 19.1 Å². The van der Waals surface area contributed by atoms with Gasteiger partial charge in [0.15, 0.2) is 11.6 Å². The minimum absolute atomic E-state index is 0.0418. The zero-order valence-electron chi connectivity index (χ0n) is 12.4. The van der Waals surface area contributed by atoms with Crippen LogP contribution < -0.4 is 10.1 Å². The molecule has 4 nitrogen and oxygen atoms in total. The van der Waals surface area contributed by atoms with Crippen molar-refractivity contribution in [2.24, 2.45) is 0 Å². The topological polar surface area (TPSA) is 39.7 Å². The Kier molecular flexibility index (Phi) is 8.18. The maximum absolute atomic E-state index is 13.9. The van der Waals surface area contributed by atoms with Gasteiger partial charge in [-0.25, -0.2) is 4.39 Å². The van der Waals surface area contributed by atoms with E-state index in [0.717, 1.165) is 12.1 Å². The average Bonchev–Trinajstić information content (AvgIpc) is 2.44. The van der Waals surface area contributed by atoms with Gasteiger partial charge in [0.25, 0.3) is 0 Å². The van der Waals surface area contributed by atoms with Crippen LogP contribution in [-0.2, 0) is 9.47 Å². The van der Waals surface area contributed by atoms with E-state index in [-0.39, 0.29) is 11.9 Å². The van der Waals surface area contributed by atoms with Crippen molar-refractivity contribution in [2.75, 3.05) is 40.1 Å². The molecule has 0 radical (unpaired) electrons. The molecule has 1 rings (SSSR count). The van der Waals surface area contributed by atoms with Crippen LogP contribution in [0.25, 0.3) is 0 Å². The van der Waals surface area contributed by atoms with Crippen molar-refractivity contribution < 1.29 is 18.6 Å². The Morgan fingerprint density at radius 2 is 1.95 bits per heavy atom. The normalized spacial score (nSPS) is 12.4. The molecular formula is C15H24FNO3. The van der Waals surface area contributed by atoms with E-state index in [1.807, 2.05) is 19.9 Å². The Hall–Kier alpha value is -1.17. The Morgan fingerprint density at radius 1 is 1.20 bits per heavy atom. The highest BCUT2D eigenvalue weighted by molar-refractivity contribution is 5.37. The highest BCUT2D eigenvalue weighted by Crippen LogP contribution is 2.28. The monoisotopic (exact) mass is 285 g/mol. The summed E-state index contributed by atoms with van der Waals surface area (Å²) in [6, 6.07) is 5.02. The van der Waals surface area contributed by atoms with Crippen molar-refractivity contribution in [1.82, 2.24) is 5.32 Å². The van der Waals surface area contributed by atoms with Gasteiger partial charge >= 0.3 is 0 Å². The smallest absolute Gasteiger partial charge is 0.165 e. The zero-order chi connectivity index (χ0) is 14.8. The van der Waals surface area contributed by atoms with E-state index in [4.69, 9.17) is 14.2 Å². The van der Waals surface area contributed by atoms with Crippen LogP contribution >= 0.6 is 0 Å². The van der Waals surface area contributed by atoms with Crippen LogP contribution in [0.5, 0.6) is 5.75 Å². The molecule has 0 aliphatic heterocycles. The lowest BCUT2D eigenvalue weighted by Crippen LogP contribution is -2.19. The van der Waals surface area contributed by atoms with Crippen molar-refractivity contribution in [1.29, 1.82) is 0 Å². The molecule has 1 N–H and O–H groups in total. The Labute approximate surface area is 120 Å². The number of hydrogen-bond acceptors (Lipinski definition) is 4. The maximum Gasteiger partial charge on any atom is 0.165 e. The first kappa shape index (κ1) is 16.9. The molecule has 1 aromatic carbocycles. The van der Waals surface area contributed by atoms with Crippen LogP contribution in [0.3, 0.4) is 0 Å². The van der Waals surface area contributed by atoms with Gasteiger partial charge in [-0.15, -0.1) is 0 Å². The SMILES string of the molecule is CCNC(C)c1cccc(F)c1OCCOCCOC. The van der Waals surface area contributed by atoms with Gasteiger partial charge < -0.3 is 19.5 Å². The van der Waals surface area contributed by atoms with Crippen LogP contribution in [0.1, 0.15) is 25.5 Å². The number of hydrogen-bond donors (Lipinski definition) is 1. The number of nitrogens with one attached hydrogen (secondary N) is 1. The van der Waals surface area contributed by atoms with E-state index >= 15 is 0 Å². The van der Waals surface area contributed by atoms with Crippen LogP contribution in [0.15, 0.2) is 18.2 Å². The molecule has 0 fully saturated rings. The summed E-state index contributed by atoms with van der Waals surface area (Å²) in [6.45, 7) is 6.60. The molecule has 0 bridgehead atoms. The second-order valence-electron chi connectivity index (χ2n) is 4.39. The molecule has 0 amide bonds. The van der Waals surface area contributed by atoms with E-state index < -0.39 is 0 Å². The first-order chi connectivity index (χ1) is 9.70. The van der Waals surface area contributed by atoms with Crippen LogP contribution in [-0.4, -0.2) is 40.1 Å². The van der Waals surface area contributed by atoms with Crippen LogP contribution in [0.4, 0.5) is 4.39 Å². The fraction of sp³-hybridized carbons (Fsp3) is 0.600. The summed E-state index contributed by atoms with van der Waals surface area (Å²) in [5.74, 6) is -0.0413. The summed E-state index contributed by atoms with van der Waals surface area (Å²) < 4.78 is 29.6. The molecule has 1 atom stereocenters. The predicted molar refractivity (Wildman–Crippen MR) is 76.7 cm³/mol. The third-order valence-corrected chi connectivity index (χ3v) is 2.88. The second-order valence-corrected chi connectivity index (χ2v) is 4.39. The molecule has 1 aromatic rings. The number of benzene rings is 1. The predicted octanol–water partition coefficient (Wildman–Crippen LogP) is 2.54. The van der Waals surface area contributed by atoms with Crippen molar-refractivity contribution in [2.45, 2.75) is 19.9 Å². The Balaban J connectivity index is 2.54. The highest BCUT2D eigenvalue weighted by Gasteiger charge is 2.14. The van der Waals surface area contributed by atoms with E-state index in [2.05, 4.69) is 5.32 Å². The lowest BCUT2D eigenvalue weighted by molar-refractivity contribution is 0.0535. The molecule has 0 heterocycles. The molecule has 0 saturated carbocycles. The lowest BCUT2D eigenvalue weighted by atomic mass is 10.1. The molecule has 0 spiro atoms. The minimum Gasteiger partial charge on any atom is -0.488 e. The Bertz CT molecular complexity index is 387. The van der Waals surface area contributed by atoms with Crippen molar-refractivity contribution in [3.8, 4) is 5.75 Å². The van der Waals surface area contributed by atoms with Gasteiger partial charge in [0, 0.05) is 18.7 Å². The largest absolute Gasteiger partial charge is 0.488 e. The molecule has 20 heavy (non-hydrogen) atoms. The Morgan fingerprint density at radius 3 is 2.65 bits per heavy atom. The summed E-state index contributed by atoms with van der Waals surface area (Å²) in [4.78, 5) is 0. The van der Waals surface area contributed by atoms with Gasteiger partial charge in [-0.05, 0) is 19.5 Å². The first-order valence-corrected chi connectivity index (χ1v) is 6.92. The molecule has 1 unspecified atom stereocenters. The summed E-state index contributed by atoms with van der Waals surface area (Å²) in [5, 5.41) is 3.25. The minimum atomic E-state index is -0.343. The third kappa shape index (κ3) is 5.45. The quantitative estimate of drug-likeness (QED) is 0.671. The van der Waals surface area contributed by atoms with Crippen molar-refractivity contribution >= 4 is 0 Å². The van der Waals surface area contributed by atoms with E-state index in [1.165, 1.54) is 6.07 Å². The molecule has 114 valence electrons. The third-order valence-electron chi connectivity index (χ3n) is 2.88. The lowest BCUT2D eigenvalue weighted by Gasteiger charge is -2.18. The average molecular weight is 285 g/mol. The van der Waals surface area contributed by atoms with Gasteiger partial charge in [-0.2, -0.15) is 0 Å². The fourth-order valence-electron chi connectivity index (χ4n) is 1.88. The number of para-hydroxylation sites is 1. The molecule has 0 aliphatic carbocycles. The summed E-state index contributed by atoms with van der Waals surface area (Å²) >= 11 is 0. The molecule has 0 aliphatic rings.